The van der Waals surface area contributed by atoms with Crippen LogP contribution in [-0.2, 0) is 9.53 Å². The SMILES string of the molecule is COC(=O)C(N)c1cc(OC)ccn1. The van der Waals surface area contributed by atoms with Crippen molar-refractivity contribution >= 4 is 5.97 Å². The summed E-state index contributed by atoms with van der Waals surface area (Å²) < 4.78 is 9.47. The molecule has 0 radical (unpaired) electrons. The Morgan fingerprint density at radius 1 is 1.57 bits per heavy atom. The highest BCUT2D eigenvalue weighted by molar-refractivity contribution is 5.76. The predicted molar refractivity (Wildman–Crippen MR) is 49.7 cm³/mol. The first-order chi connectivity index (χ1) is 6.69. The van der Waals surface area contributed by atoms with E-state index in [2.05, 4.69) is 9.72 Å². The summed E-state index contributed by atoms with van der Waals surface area (Å²) in [4.78, 5) is 15.0. The van der Waals surface area contributed by atoms with E-state index in [9.17, 15) is 4.79 Å². The largest absolute Gasteiger partial charge is 0.497 e. The molecule has 0 aliphatic carbocycles. The van der Waals surface area contributed by atoms with Gasteiger partial charge in [-0.25, -0.2) is 4.79 Å². The number of esters is 1. The second-order valence-corrected chi connectivity index (χ2v) is 2.62. The molecule has 1 unspecified atom stereocenters. The van der Waals surface area contributed by atoms with Crippen molar-refractivity contribution in [2.24, 2.45) is 5.73 Å². The minimum Gasteiger partial charge on any atom is -0.497 e. The molecular formula is C9H12N2O3. The standard InChI is InChI=1S/C9H12N2O3/c1-13-6-3-4-11-7(5-6)8(10)9(12)14-2/h3-5,8H,10H2,1-2H3. The van der Waals surface area contributed by atoms with Crippen LogP contribution in [0.5, 0.6) is 5.75 Å². The summed E-state index contributed by atoms with van der Waals surface area (Å²) in [5.74, 6) is 0.0834. The van der Waals surface area contributed by atoms with Crippen molar-refractivity contribution in [3.8, 4) is 5.75 Å². The molecule has 0 bridgehead atoms. The average molecular weight is 196 g/mol. The highest BCUT2D eigenvalue weighted by atomic mass is 16.5. The third-order valence-electron chi connectivity index (χ3n) is 1.76. The number of carbonyl (C=O) groups is 1. The number of pyridine rings is 1. The van der Waals surface area contributed by atoms with Gasteiger partial charge in [0.25, 0.3) is 0 Å². The highest BCUT2D eigenvalue weighted by Gasteiger charge is 2.17. The van der Waals surface area contributed by atoms with Crippen molar-refractivity contribution in [3.05, 3.63) is 24.0 Å². The van der Waals surface area contributed by atoms with Gasteiger partial charge in [0.15, 0.2) is 0 Å². The number of ether oxygens (including phenoxy) is 2. The number of methoxy groups -OCH3 is 2. The second kappa shape index (κ2) is 4.57. The Bertz CT molecular complexity index is 328. The number of nitrogens with zero attached hydrogens (tertiary/aromatic N) is 1. The summed E-state index contributed by atoms with van der Waals surface area (Å²) in [5, 5.41) is 0. The molecule has 0 saturated heterocycles. The molecule has 0 saturated carbocycles. The third-order valence-corrected chi connectivity index (χ3v) is 1.76. The molecular weight excluding hydrogens is 184 g/mol. The van der Waals surface area contributed by atoms with Gasteiger partial charge in [-0.15, -0.1) is 0 Å². The van der Waals surface area contributed by atoms with E-state index in [-0.39, 0.29) is 0 Å². The Balaban J connectivity index is 2.89. The zero-order valence-corrected chi connectivity index (χ0v) is 8.06. The van der Waals surface area contributed by atoms with E-state index < -0.39 is 12.0 Å². The van der Waals surface area contributed by atoms with Crippen molar-refractivity contribution < 1.29 is 14.3 Å². The minimum absolute atomic E-state index is 0.427. The van der Waals surface area contributed by atoms with Crippen LogP contribution in [0.1, 0.15) is 11.7 Å². The normalized spacial score (nSPS) is 11.9. The van der Waals surface area contributed by atoms with E-state index >= 15 is 0 Å². The molecule has 0 aliphatic rings. The van der Waals surface area contributed by atoms with E-state index in [0.29, 0.717) is 11.4 Å². The molecule has 1 rings (SSSR count). The maximum atomic E-state index is 11.1. The summed E-state index contributed by atoms with van der Waals surface area (Å²) >= 11 is 0. The Labute approximate surface area is 81.8 Å². The summed E-state index contributed by atoms with van der Waals surface area (Å²) in [6.07, 6.45) is 1.52. The lowest BCUT2D eigenvalue weighted by Gasteiger charge is -2.09. The van der Waals surface area contributed by atoms with Crippen molar-refractivity contribution in [1.82, 2.24) is 4.98 Å². The quantitative estimate of drug-likeness (QED) is 0.702. The van der Waals surface area contributed by atoms with Gasteiger partial charge >= 0.3 is 5.97 Å². The van der Waals surface area contributed by atoms with Gasteiger partial charge in [-0.05, 0) is 6.07 Å². The first-order valence-electron chi connectivity index (χ1n) is 4.02. The van der Waals surface area contributed by atoms with E-state index in [4.69, 9.17) is 10.5 Å². The number of aromatic nitrogens is 1. The summed E-state index contributed by atoms with van der Waals surface area (Å²) in [7, 11) is 2.81. The molecule has 0 aliphatic heterocycles. The second-order valence-electron chi connectivity index (χ2n) is 2.62. The van der Waals surface area contributed by atoms with E-state index in [1.165, 1.54) is 20.4 Å². The molecule has 0 fully saturated rings. The summed E-state index contributed by atoms with van der Waals surface area (Å²) in [6, 6.07) is 2.41. The third kappa shape index (κ3) is 2.20. The Kier molecular flexibility index (Phi) is 3.41. The number of hydrogen-bond donors (Lipinski definition) is 1. The summed E-state index contributed by atoms with van der Waals surface area (Å²) in [5.41, 5.74) is 6.01. The zero-order valence-electron chi connectivity index (χ0n) is 8.06. The van der Waals surface area contributed by atoms with Crippen molar-refractivity contribution in [2.75, 3.05) is 14.2 Å². The number of carbonyl (C=O) groups excluding carboxylic acids is 1. The Morgan fingerprint density at radius 2 is 2.29 bits per heavy atom. The fourth-order valence-corrected chi connectivity index (χ4v) is 0.973. The molecule has 1 heterocycles. The predicted octanol–water partition coefficient (Wildman–Crippen LogP) is 0.263. The first kappa shape index (κ1) is 10.5. The maximum absolute atomic E-state index is 11.1. The van der Waals surface area contributed by atoms with E-state index in [0.717, 1.165) is 0 Å². The van der Waals surface area contributed by atoms with E-state index in [1.807, 2.05) is 0 Å². The van der Waals surface area contributed by atoms with Gasteiger partial charge < -0.3 is 15.2 Å². The Hall–Kier alpha value is -1.62. The van der Waals surface area contributed by atoms with Gasteiger partial charge in [-0.3, -0.25) is 4.98 Å². The van der Waals surface area contributed by atoms with Gasteiger partial charge in [-0.1, -0.05) is 0 Å². The van der Waals surface area contributed by atoms with Gasteiger partial charge in [0.2, 0.25) is 0 Å². The van der Waals surface area contributed by atoms with Crippen molar-refractivity contribution in [2.45, 2.75) is 6.04 Å². The lowest BCUT2D eigenvalue weighted by atomic mass is 10.2. The number of nitrogens with two attached hydrogens (primary N) is 1. The molecule has 1 aromatic heterocycles. The fraction of sp³-hybridized carbons (Fsp3) is 0.333. The average Bonchev–Trinajstić information content (AvgIpc) is 2.27. The van der Waals surface area contributed by atoms with Crippen LogP contribution in [0.25, 0.3) is 0 Å². The van der Waals surface area contributed by atoms with E-state index in [1.54, 1.807) is 12.1 Å². The molecule has 5 heteroatoms. The topological polar surface area (TPSA) is 74.4 Å². The number of rotatable bonds is 3. The molecule has 14 heavy (non-hydrogen) atoms. The monoisotopic (exact) mass is 196 g/mol. The van der Waals surface area contributed by atoms with Crippen LogP contribution in [0.4, 0.5) is 0 Å². The van der Waals surface area contributed by atoms with Crippen LogP contribution < -0.4 is 10.5 Å². The molecule has 76 valence electrons. The van der Waals surface area contributed by atoms with Crippen LogP contribution in [0, 0.1) is 0 Å². The summed E-state index contributed by atoms with van der Waals surface area (Å²) in [6.45, 7) is 0. The fourth-order valence-electron chi connectivity index (χ4n) is 0.973. The zero-order chi connectivity index (χ0) is 10.6. The van der Waals surface area contributed by atoms with Crippen molar-refractivity contribution in [3.63, 3.8) is 0 Å². The lowest BCUT2D eigenvalue weighted by Crippen LogP contribution is -2.23. The Morgan fingerprint density at radius 3 is 2.86 bits per heavy atom. The van der Waals surface area contributed by atoms with Gasteiger partial charge in [0.1, 0.15) is 11.8 Å². The van der Waals surface area contributed by atoms with Crippen LogP contribution >= 0.6 is 0 Å². The number of hydrogen-bond acceptors (Lipinski definition) is 5. The smallest absolute Gasteiger partial charge is 0.328 e. The molecule has 5 nitrogen and oxygen atoms in total. The molecule has 0 amide bonds. The first-order valence-corrected chi connectivity index (χ1v) is 4.02. The van der Waals surface area contributed by atoms with Gasteiger partial charge in [-0.2, -0.15) is 0 Å². The minimum atomic E-state index is -0.866. The molecule has 2 N–H and O–H groups in total. The van der Waals surface area contributed by atoms with Crippen LogP contribution in [0.15, 0.2) is 18.3 Å². The molecule has 0 aromatic carbocycles. The molecule has 0 spiro atoms. The van der Waals surface area contributed by atoms with Crippen LogP contribution in [0.3, 0.4) is 0 Å². The highest BCUT2D eigenvalue weighted by Crippen LogP contribution is 2.15. The maximum Gasteiger partial charge on any atom is 0.328 e. The van der Waals surface area contributed by atoms with Gasteiger partial charge in [0, 0.05) is 12.3 Å². The van der Waals surface area contributed by atoms with Crippen LogP contribution in [-0.4, -0.2) is 25.2 Å². The van der Waals surface area contributed by atoms with Crippen molar-refractivity contribution in [1.29, 1.82) is 0 Å². The molecule has 1 aromatic rings. The molecule has 1 atom stereocenters. The lowest BCUT2D eigenvalue weighted by molar-refractivity contribution is -0.142. The van der Waals surface area contributed by atoms with Crippen LogP contribution in [0.2, 0.25) is 0 Å². The van der Waals surface area contributed by atoms with Gasteiger partial charge in [0.05, 0.1) is 19.9 Å².